The smallest absolute Gasteiger partial charge is 0.326 e. The Balaban J connectivity index is 2.05. The first-order valence-corrected chi connectivity index (χ1v) is 8.83. The second kappa shape index (κ2) is 9.56. The van der Waals surface area contributed by atoms with Crippen molar-refractivity contribution in [2.45, 2.75) is 32.7 Å². The van der Waals surface area contributed by atoms with E-state index in [4.69, 9.17) is 0 Å². The molecule has 0 aliphatic carbocycles. The van der Waals surface area contributed by atoms with E-state index >= 15 is 0 Å². The normalized spacial score (nSPS) is 11.6. The monoisotopic (exact) mass is 355 g/mol. The van der Waals surface area contributed by atoms with Crippen LogP contribution in [0.15, 0.2) is 48.7 Å². The zero-order chi connectivity index (χ0) is 18.9. The molecule has 1 atom stereocenters. The quantitative estimate of drug-likeness (QED) is 0.723. The Morgan fingerprint density at radius 2 is 1.88 bits per heavy atom. The fourth-order valence-electron chi connectivity index (χ4n) is 2.70. The number of anilines is 1. The first kappa shape index (κ1) is 19.4. The summed E-state index contributed by atoms with van der Waals surface area (Å²) in [6, 6.07) is 11.7. The van der Waals surface area contributed by atoms with Crippen molar-refractivity contribution < 1.29 is 14.7 Å². The molecular weight excluding hydrogens is 330 g/mol. The van der Waals surface area contributed by atoms with Crippen molar-refractivity contribution in [1.82, 2.24) is 10.3 Å². The van der Waals surface area contributed by atoms with Gasteiger partial charge in [0.2, 0.25) is 0 Å². The number of benzene rings is 1. The van der Waals surface area contributed by atoms with Gasteiger partial charge in [0.1, 0.15) is 11.9 Å². The Bertz CT molecular complexity index is 717. The molecule has 2 N–H and O–H groups in total. The molecule has 0 spiro atoms. The number of carbonyl (C=O) groups excluding carboxylic acids is 1. The lowest BCUT2D eigenvalue weighted by Gasteiger charge is -2.21. The molecule has 2 aromatic rings. The maximum Gasteiger partial charge on any atom is 0.326 e. The minimum atomic E-state index is -1.06. The number of hydrogen-bond acceptors (Lipinski definition) is 4. The molecule has 6 nitrogen and oxygen atoms in total. The Kier molecular flexibility index (Phi) is 7.14. The molecule has 0 bridgehead atoms. The molecule has 2 rings (SSSR count). The van der Waals surface area contributed by atoms with Crippen LogP contribution in [0.4, 0.5) is 5.82 Å². The summed E-state index contributed by atoms with van der Waals surface area (Å²) in [6.45, 7) is 5.89. The number of nitrogens with one attached hydrogen (secondary N) is 1. The van der Waals surface area contributed by atoms with Gasteiger partial charge in [0.15, 0.2) is 0 Å². The molecule has 1 amide bonds. The number of aromatic nitrogens is 1. The molecular formula is C20H25N3O3. The fourth-order valence-corrected chi connectivity index (χ4v) is 2.70. The minimum absolute atomic E-state index is 0.230. The first-order valence-electron chi connectivity index (χ1n) is 8.83. The second-order valence-corrected chi connectivity index (χ2v) is 6.04. The lowest BCUT2D eigenvalue weighted by atomic mass is 10.1. The van der Waals surface area contributed by atoms with Crippen LogP contribution in [0.5, 0.6) is 0 Å². The summed E-state index contributed by atoms with van der Waals surface area (Å²) >= 11 is 0. The van der Waals surface area contributed by atoms with Crippen LogP contribution in [-0.2, 0) is 11.2 Å². The molecule has 0 fully saturated rings. The van der Waals surface area contributed by atoms with Crippen LogP contribution in [0.2, 0.25) is 0 Å². The van der Waals surface area contributed by atoms with Crippen LogP contribution in [0, 0.1) is 0 Å². The summed E-state index contributed by atoms with van der Waals surface area (Å²) in [5, 5.41) is 12.0. The van der Waals surface area contributed by atoms with Gasteiger partial charge in [0, 0.05) is 25.7 Å². The van der Waals surface area contributed by atoms with Crippen molar-refractivity contribution in [3.05, 3.63) is 59.8 Å². The molecule has 1 aromatic heterocycles. The predicted octanol–water partition coefficient (Wildman–Crippen LogP) is 2.74. The van der Waals surface area contributed by atoms with Crippen LogP contribution in [0.25, 0.3) is 0 Å². The van der Waals surface area contributed by atoms with Gasteiger partial charge in [-0.3, -0.25) is 4.79 Å². The van der Waals surface area contributed by atoms with E-state index in [1.165, 1.54) is 6.20 Å². The number of aliphatic carboxylic acids is 1. The van der Waals surface area contributed by atoms with Crippen LogP contribution >= 0.6 is 0 Å². The SMILES string of the molecule is CCCN(CC)c1ccc(C(=O)N[C@H](Cc2ccccc2)C(=O)O)cn1. The van der Waals surface area contributed by atoms with E-state index < -0.39 is 17.9 Å². The van der Waals surface area contributed by atoms with Gasteiger partial charge in [0.25, 0.3) is 5.91 Å². The van der Waals surface area contributed by atoms with Crippen molar-refractivity contribution in [2.75, 3.05) is 18.0 Å². The van der Waals surface area contributed by atoms with Crippen LogP contribution in [0.3, 0.4) is 0 Å². The third-order valence-electron chi connectivity index (χ3n) is 4.10. The molecule has 6 heteroatoms. The highest BCUT2D eigenvalue weighted by Gasteiger charge is 2.21. The summed E-state index contributed by atoms with van der Waals surface area (Å²) < 4.78 is 0. The van der Waals surface area contributed by atoms with E-state index in [0.29, 0.717) is 5.56 Å². The number of amides is 1. The largest absolute Gasteiger partial charge is 0.480 e. The average Bonchev–Trinajstić information content (AvgIpc) is 2.66. The highest BCUT2D eigenvalue weighted by atomic mass is 16.4. The van der Waals surface area contributed by atoms with Crippen LogP contribution in [0.1, 0.15) is 36.2 Å². The van der Waals surface area contributed by atoms with Gasteiger partial charge < -0.3 is 15.3 Å². The average molecular weight is 355 g/mol. The lowest BCUT2D eigenvalue weighted by Crippen LogP contribution is -2.42. The van der Waals surface area contributed by atoms with E-state index in [-0.39, 0.29) is 6.42 Å². The molecule has 0 radical (unpaired) electrons. The molecule has 0 unspecified atom stereocenters. The number of pyridine rings is 1. The molecule has 1 aromatic carbocycles. The fraction of sp³-hybridized carbons (Fsp3) is 0.350. The van der Waals surface area contributed by atoms with Gasteiger partial charge in [-0.15, -0.1) is 0 Å². The third kappa shape index (κ3) is 5.31. The van der Waals surface area contributed by atoms with E-state index in [2.05, 4.69) is 29.0 Å². The number of rotatable bonds is 9. The van der Waals surface area contributed by atoms with E-state index in [1.54, 1.807) is 12.1 Å². The molecule has 0 saturated heterocycles. The first-order chi connectivity index (χ1) is 12.5. The summed E-state index contributed by atoms with van der Waals surface area (Å²) in [6.07, 6.45) is 2.73. The van der Waals surface area contributed by atoms with Gasteiger partial charge >= 0.3 is 5.97 Å². The van der Waals surface area contributed by atoms with Crippen molar-refractivity contribution in [3.8, 4) is 0 Å². The van der Waals surface area contributed by atoms with Crippen molar-refractivity contribution in [3.63, 3.8) is 0 Å². The van der Waals surface area contributed by atoms with Gasteiger partial charge in [-0.2, -0.15) is 0 Å². The van der Waals surface area contributed by atoms with E-state index in [0.717, 1.165) is 30.9 Å². The maximum atomic E-state index is 12.4. The number of nitrogens with zero attached hydrogens (tertiary/aromatic N) is 2. The predicted molar refractivity (Wildman–Crippen MR) is 101 cm³/mol. The van der Waals surface area contributed by atoms with Gasteiger partial charge in [-0.1, -0.05) is 37.3 Å². The minimum Gasteiger partial charge on any atom is -0.480 e. The summed E-state index contributed by atoms with van der Waals surface area (Å²) in [7, 11) is 0. The molecule has 1 heterocycles. The van der Waals surface area contributed by atoms with Crippen LogP contribution < -0.4 is 10.2 Å². The molecule has 0 saturated carbocycles. The Hall–Kier alpha value is -2.89. The van der Waals surface area contributed by atoms with Crippen molar-refractivity contribution in [1.29, 1.82) is 0 Å². The van der Waals surface area contributed by atoms with Crippen molar-refractivity contribution >= 4 is 17.7 Å². The zero-order valence-electron chi connectivity index (χ0n) is 15.2. The van der Waals surface area contributed by atoms with Gasteiger partial charge in [-0.05, 0) is 31.0 Å². The molecule has 0 aliphatic rings. The highest BCUT2D eigenvalue weighted by molar-refractivity contribution is 5.96. The molecule has 138 valence electrons. The van der Waals surface area contributed by atoms with Gasteiger partial charge in [0.05, 0.1) is 5.56 Å². The lowest BCUT2D eigenvalue weighted by molar-refractivity contribution is -0.139. The highest BCUT2D eigenvalue weighted by Crippen LogP contribution is 2.12. The van der Waals surface area contributed by atoms with E-state index in [9.17, 15) is 14.7 Å². The standard InChI is InChI=1S/C20H25N3O3/c1-3-12-23(4-2)18-11-10-16(14-21-18)19(24)22-17(20(25)26)13-15-8-6-5-7-9-15/h5-11,14,17H,3-4,12-13H2,1-2H3,(H,22,24)(H,25,26)/t17-/m1/s1. The second-order valence-electron chi connectivity index (χ2n) is 6.04. The van der Waals surface area contributed by atoms with E-state index in [1.807, 2.05) is 30.3 Å². The van der Waals surface area contributed by atoms with Crippen LogP contribution in [-0.4, -0.2) is 41.1 Å². The van der Waals surface area contributed by atoms with Gasteiger partial charge in [-0.25, -0.2) is 9.78 Å². The molecule has 0 aliphatic heterocycles. The maximum absolute atomic E-state index is 12.4. The summed E-state index contributed by atoms with van der Waals surface area (Å²) in [4.78, 5) is 30.4. The number of hydrogen-bond donors (Lipinski definition) is 2. The number of carboxylic acid groups (broad SMARTS) is 1. The topological polar surface area (TPSA) is 82.5 Å². The zero-order valence-corrected chi connectivity index (χ0v) is 15.2. The van der Waals surface area contributed by atoms with Crippen molar-refractivity contribution in [2.24, 2.45) is 0 Å². The number of carboxylic acids is 1. The Morgan fingerprint density at radius 3 is 2.42 bits per heavy atom. The summed E-state index contributed by atoms with van der Waals surface area (Å²) in [5.74, 6) is -0.692. The third-order valence-corrected chi connectivity index (χ3v) is 4.10. The number of carbonyl (C=O) groups is 2. The Labute approximate surface area is 153 Å². The molecule has 26 heavy (non-hydrogen) atoms. The Morgan fingerprint density at radius 1 is 1.15 bits per heavy atom. The summed E-state index contributed by atoms with van der Waals surface area (Å²) in [5.41, 5.74) is 1.20.